The van der Waals surface area contributed by atoms with Crippen molar-refractivity contribution in [3.8, 4) is 11.5 Å². The Morgan fingerprint density at radius 1 is 1.24 bits per heavy atom. The van der Waals surface area contributed by atoms with Gasteiger partial charge in [0, 0.05) is 18.9 Å². The van der Waals surface area contributed by atoms with Gasteiger partial charge in [-0.15, -0.1) is 13.2 Å². The molecule has 21 heavy (non-hydrogen) atoms. The Labute approximate surface area is 128 Å². The van der Waals surface area contributed by atoms with Crippen LogP contribution in [0.15, 0.2) is 43.5 Å². The molecule has 0 saturated carbocycles. The molecule has 0 atom stereocenters. The van der Waals surface area contributed by atoms with Crippen molar-refractivity contribution in [1.82, 2.24) is 0 Å². The average molecular weight is 290 g/mol. The van der Waals surface area contributed by atoms with E-state index in [1.807, 2.05) is 26.0 Å². The standard InChI is InChI=1S/C13H16O2.C5H10O/c1-3-5-9-15-13-10-12(14)8-7-11(13)6-4-2;1-3-5(6)4-2/h3-4,7-8,10,14H,1-2,5-6,9H2;3-4H2,1-2H3. The number of ketones is 1. The summed E-state index contributed by atoms with van der Waals surface area (Å²) in [6, 6.07) is 5.13. The molecule has 0 unspecified atom stereocenters. The highest BCUT2D eigenvalue weighted by molar-refractivity contribution is 5.77. The van der Waals surface area contributed by atoms with Gasteiger partial charge in [-0.25, -0.2) is 0 Å². The lowest BCUT2D eigenvalue weighted by Crippen LogP contribution is -1.98. The van der Waals surface area contributed by atoms with E-state index in [9.17, 15) is 9.90 Å². The SMILES string of the molecule is C=CCCOc1cc(O)ccc1CC=C.CCC(=O)CC. The number of allylic oxidation sites excluding steroid dienone is 1. The summed E-state index contributed by atoms with van der Waals surface area (Å²) in [5.41, 5.74) is 1.03. The molecule has 0 aliphatic heterocycles. The maximum Gasteiger partial charge on any atom is 0.132 e. The lowest BCUT2D eigenvalue weighted by Gasteiger charge is -2.09. The number of ether oxygens (including phenoxy) is 1. The van der Waals surface area contributed by atoms with Gasteiger partial charge < -0.3 is 9.84 Å². The molecule has 0 amide bonds. The van der Waals surface area contributed by atoms with E-state index in [4.69, 9.17) is 4.74 Å². The summed E-state index contributed by atoms with van der Waals surface area (Å²) in [5, 5.41) is 9.34. The van der Waals surface area contributed by atoms with Crippen LogP contribution >= 0.6 is 0 Å². The molecule has 0 spiro atoms. The number of phenols is 1. The Morgan fingerprint density at radius 3 is 2.38 bits per heavy atom. The van der Waals surface area contributed by atoms with Gasteiger partial charge in [-0.05, 0) is 24.5 Å². The monoisotopic (exact) mass is 290 g/mol. The number of carbonyl (C=O) groups excluding carboxylic acids is 1. The second-order valence-corrected chi connectivity index (χ2v) is 4.46. The highest BCUT2D eigenvalue weighted by Crippen LogP contribution is 2.24. The van der Waals surface area contributed by atoms with E-state index in [0.717, 1.165) is 24.2 Å². The third-order valence-corrected chi connectivity index (χ3v) is 2.78. The molecular weight excluding hydrogens is 264 g/mol. The summed E-state index contributed by atoms with van der Waals surface area (Å²) >= 11 is 0. The van der Waals surface area contributed by atoms with Gasteiger partial charge >= 0.3 is 0 Å². The first-order chi connectivity index (χ1) is 10.1. The molecule has 116 valence electrons. The summed E-state index contributed by atoms with van der Waals surface area (Å²) in [5.74, 6) is 1.28. The smallest absolute Gasteiger partial charge is 0.132 e. The van der Waals surface area contributed by atoms with Crippen molar-refractivity contribution in [2.45, 2.75) is 39.5 Å². The van der Waals surface area contributed by atoms with Gasteiger partial charge in [0.2, 0.25) is 0 Å². The van der Waals surface area contributed by atoms with Crippen LogP contribution < -0.4 is 4.74 Å². The number of rotatable bonds is 8. The predicted molar refractivity (Wildman–Crippen MR) is 87.9 cm³/mol. The minimum atomic E-state index is 0.219. The molecule has 1 rings (SSSR count). The number of aromatic hydroxyl groups is 1. The third kappa shape index (κ3) is 8.69. The van der Waals surface area contributed by atoms with Gasteiger partial charge in [0.05, 0.1) is 6.61 Å². The molecular formula is C18H26O3. The molecule has 1 aromatic rings. The molecule has 3 heteroatoms. The van der Waals surface area contributed by atoms with Gasteiger partial charge in [-0.3, -0.25) is 4.79 Å². The normalized spacial score (nSPS) is 9.24. The maximum absolute atomic E-state index is 10.2. The fourth-order valence-electron chi connectivity index (χ4n) is 1.50. The Balaban J connectivity index is 0.000000567. The molecule has 1 aromatic carbocycles. The summed E-state index contributed by atoms with van der Waals surface area (Å²) < 4.78 is 5.53. The molecule has 3 nitrogen and oxygen atoms in total. The first-order valence-corrected chi connectivity index (χ1v) is 7.27. The van der Waals surface area contributed by atoms with E-state index in [0.29, 0.717) is 25.2 Å². The van der Waals surface area contributed by atoms with Gasteiger partial charge in [0.15, 0.2) is 0 Å². The van der Waals surface area contributed by atoms with Crippen molar-refractivity contribution in [3.05, 3.63) is 49.1 Å². The van der Waals surface area contributed by atoms with Gasteiger partial charge in [0.25, 0.3) is 0 Å². The van der Waals surface area contributed by atoms with Crippen LogP contribution in [0.5, 0.6) is 11.5 Å². The summed E-state index contributed by atoms with van der Waals surface area (Å²) in [6.45, 7) is 11.6. The molecule has 0 radical (unpaired) electrons. The second-order valence-electron chi connectivity index (χ2n) is 4.46. The summed E-state index contributed by atoms with van der Waals surface area (Å²) in [6.07, 6.45) is 6.53. The van der Waals surface area contributed by atoms with E-state index in [-0.39, 0.29) is 5.75 Å². The van der Waals surface area contributed by atoms with E-state index < -0.39 is 0 Å². The van der Waals surface area contributed by atoms with Crippen LogP contribution in [0.3, 0.4) is 0 Å². The van der Waals surface area contributed by atoms with Gasteiger partial charge in [-0.2, -0.15) is 0 Å². The topological polar surface area (TPSA) is 46.5 Å². The number of hydrogen-bond acceptors (Lipinski definition) is 3. The zero-order chi connectivity index (χ0) is 16.1. The number of hydrogen-bond donors (Lipinski definition) is 1. The number of carbonyl (C=O) groups is 1. The van der Waals surface area contributed by atoms with Crippen molar-refractivity contribution in [2.75, 3.05) is 6.61 Å². The minimum absolute atomic E-state index is 0.219. The highest BCUT2D eigenvalue weighted by atomic mass is 16.5. The van der Waals surface area contributed by atoms with Gasteiger partial charge in [0.1, 0.15) is 17.3 Å². The largest absolute Gasteiger partial charge is 0.508 e. The van der Waals surface area contributed by atoms with E-state index in [2.05, 4.69) is 13.2 Å². The van der Waals surface area contributed by atoms with Crippen LogP contribution in [0.4, 0.5) is 0 Å². The van der Waals surface area contributed by atoms with Crippen LogP contribution in [-0.4, -0.2) is 17.5 Å². The second kappa shape index (κ2) is 11.8. The number of benzene rings is 1. The van der Waals surface area contributed by atoms with Crippen LogP contribution in [0.1, 0.15) is 38.7 Å². The zero-order valence-electron chi connectivity index (χ0n) is 13.1. The maximum atomic E-state index is 10.2. The lowest BCUT2D eigenvalue weighted by atomic mass is 10.1. The Bertz CT molecular complexity index is 444. The van der Waals surface area contributed by atoms with Crippen molar-refractivity contribution >= 4 is 5.78 Å². The Morgan fingerprint density at radius 2 is 1.90 bits per heavy atom. The fraction of sp³-hybridized carbons (Fsp3) is 0.389. The quantitative estimate of drug-likeness (QED) is 0.568. The molecule has 0 fully saturated rings. The van der Waals surface area contributed by atoms with Crippen molar-refractivity contribution in [1.29, 1.82) is 0 Å². The molecule has 0 aliphatic carbocycles. The molecule has 0 heterocycles. The average Bonchev–Trinajstić information content (AvgIpc) is 2.50. The molecule has 0 saturated heterocycles. The first kappa shape index (κ1) is 19.0. The Kier molecular flexibility index (Phi) is 10.6. The zero-order valence-corrected chi connectivity index (χ0v) is 13.1. The predicted octanol–water partition coefficient (Wildman–Crippen LogP) is 4.45. The van der Waals surface area contributed by atoms with Crippen LogP contribution in [0.2, 0.25) is 0 Å². The van der Waals surface area contributed by atoms with Crippen molar-refractivity contribution in [3.63, 3.8) is 0 Å². The van der Waals surface area contributed by atoms with Crippen molar-refractivity contribution < 1.29 is 14.6 Å². The lowest BCUT2D eigenvalue weighted by molar-refractivity contribution is -0.118. The van der Waals surface area contributed by atoms with Crippen LogP contribution in [0, 0.1) is 0 Å². The van der Waals surface area contributed by atoms with Crippen molar-refractivity contribution in [2.24, 2.45) is 0 Å². The van der Waals surface area contributed by atoms with Gasteiger partial charge in [-0.1, -0.05) is 32.1 Å². The van der Waals surface area contributed by atoms with Crippen LogP contribution in [0.25, 0.3) is 0 Å². The summed E-state index contributed by atoms with van der Waals surface area (Å²) in [7, 11) is 0. The number of phenolic OH excluding ortho intramolecular Hbond substituents is 1. The molecule has 0 aromatic heterocycles. The molecule has 0 bridgehead atoms. The first-order valence-electron chi connectivity index (χ1n) is 7.27. The highest BCUT2D eigenvalue weighted by Gasteiger charge is 2.03. The third-order valence-electron chi connectivity index (χ3n) is 2.78. The number of Topliss-reactive ketones (excluding diaryl/α,β-unsaturated/α-hetero) is 1. The molecule has 1 N–H and O–H groups in total. The fourth-order valence-corrected chi connectivity index (χ4v) is 1.50. The molecule has 0 aliphatic rings. The van der Waals surface area contributed by atoms with E-state index in [1.54, 1.807) is 18.2 Å². The van der Waals surface area contributed by atoms with E-state index in [1.165, 1.54) is 0 Å². The Hall–Kier alpha value is -2.03. The van der Waals surface area contributed by atoms with E-state index >= 15 is 0 Å². The van der Waals surface area contributed by atoms with Crippen LogP contribution in [-0.2, 0) is 11.2 Å². The minimum Gasteiger partial charge on any atom is -0.508 e. The summed E-state index contributed by atoms with van der Waals surface area (Å²) in [4.78, 5) is 10.2.